The summed E-state index contributed by atoms with van der Waals surface area (Å²) >= 11 is 0. The predicted molar refractivity (Wildman–Crippen MR) is 54.5 cm³/mol. The molecule has 0 aliphatic carbocycles. The number of ether oxygens (including phenoxy) is 1. The van der Waals surface area contributed by atoms with E-state index in [0.717, 1.165) is 6.61 Å². The van der Waals surface area contributed by atoms with Gasteiger partial charge >= 0.3 is 0 Å². The molecule has 0 bridgehead atoms. The number of hydrogen-bond acceptors (Lipinski definition) is 1. The molecule has 1 aromatic carbocycles. The first-order valence-corrected chi connectivity index (χ1v) is 4.80. The summed E-state index contributed by atoms with van der Waals surface area (Å²) in [5.41, 5.74) is 1.25. The van der Waals surface area contributed by atoms with E-state index in [2.05, 4.69) is 36.4 Å². The van der Waals surface area contributed by atoms with Gasteiger partial charge in [0.25, 0.3) is 0 Å². The molecule has 1 unspecified atom stereocenters. The maximum absolute atomic E-state index is 5.49. The van der Waals surface area contributed by atoms with Crippen molar-refractivity contribution in [1.82, 2.24) is 0 Å². The van der Waals surface area contributed by atoms with E-state index < -0.39 is 0 Å². The van der Waals surface area contributed by atoms with Gasteiger partial charge in [-0.05, 0) is 18.4 Å². The molecule has 1 heterocycles. The monoisotopic (exact) mass is 174 g/mol. The van der Waals surface area contributed by atoms with E-state index in [-0.39, 0.29) is 0 Å². The van der Waals surface area contributed by atoms with Gasteiger partial charge in [0, 0.05) is 6.61 Å². The van der Waals surface area contributed by atoms with E-state index in [0.29, 0.717) is 6.10 Å². The van der Waals surface area contributed by atoms with E-state index in [1.807, 2.05) is 6.07 Å². The van der Waals surface area contributed by atoms with Crippen molar-refractivity contribution in [3.05, 3.63) is 42.0 Å². The second-order valence-electron chi connectivity index (χ2n) is 3.32. The third kappa shape index (κ3) is 2.43. The van der Waals surface area contributed by atoms with Crippen LogP contribution in [-0.2, 0) is 4.74 Å². The van der Waals surface area contributed by atoms with Crippen LogP contribution >= 0.6 is 0 Å². The van der Waals surface area contributed by atoms with Crippen LogP contribution < -0.4 is 0 Å². The molecule has 1 aliphatic rings. The van der Waals surface area contributed by atoms with E-state index in [4.69, 9.17) is 4.74 Å². The Bertz CT molecular complexity index is 270. The second-order valence-corrected chi connectivity index (χ2v) is 3.32. The fraction of sp³-hybridized carbons (Fsp3) is 0.333. The van der Waals surface area contributed by atoms with Gasteiger partial charge in [0.15, 0.2) is 0 Å². The van der Waals surface area contributed by atoms with Gasteiger partial charge in [-0.3, -0.25) is 0 Å². The highest BCUT2D eigenvalue weighted by molar-refractivity contribution is 5.49. The fourth-order valence-corrected chi connectivity index (χ4v) is 1.54. The van der Waals surface area contributed by atoms with E-state index in [1.54, 1.807) is 0 Å². The van der Waals surface area contributed by atoms with Crippen LogP contribution in [0.15, 0.2) is 36.4 Å². The molecule has 2 rings (SSSR count). The van der Waals surface area contributed by atoms with E-state index in [1.165, 1.54) is 18.4 Å². The van der Waals surface area contributed by atoms with Crippen molar-refractivity contribution >= 4 is 6.08 Å². The van der Waals surface area contributed by atoms with Crippen molar-refractivity contribution in [3.8, 4) is 0 Å². The average Bonchev–Trinajstić information content (AvgIpc) is 2.69. The van der Waals surface area contributed by atoms with E-state index >= 15 is 0 Å². The lowest BCUT2D eigenvalue weighted by Gasteiger charge is -2.00. The van der Waals surface area contributed by atoms with Crippen LogP contribution in [0.4, 0.5) is 0 Å². The summed E-state index contributed by atoms with van der Waals surface area (Å²) in [6.07, 6.45) is 7.01. The van der Waals surface area contributed by atoms with Gasteiger partial charge in [0.05, 0.1) is 6.10 Å². The van der Waals surface area contributed by atoms with Gasteiger partial charge in [0.2, 0.25) is 0 Å². The molecule has 1 heteroatoms. The highest BCUT2D eigenvalue weighted by Gasteiger charge is 2.10. The SMILES string of the molecule is C(=C\C1CCCO1)/c1ccccc1. The van der Waals surface area contributed by atoms with Crippen LogP contribution in [0.25, 0.3) is 6.08 Å². The Morgan fingerprint density at radius 3 is 2.77 bits per heavy atom. The normalized spacial score (nSPS) is 22.6. The topological polar surface area (TPSA) is 9.23 Å². The summed E-state index contributed by atoms with van der Waals surface area (Å²) in [5.74, 6) is 0. The maximum atomic E-state index is 5.49. The Labute approximate surface area is 79.0 Å². The van der Waals surface area contributed by atoms with Crippen molar-refractivity contribution in [1.29, 1.82) is 0 Å². The summed E-state index contributed by atoms with van der Waals surface area (Å²) in [7, 11) is 0. The molecule has 0 N–H and O–H groups in total. The predicted octanol–water partition coefficient (Wildman–Crippen LogP) is 2.88. The Kier molecular flexibility index (Phi) is 2.78. The molecule has 1 fully saturated rings. The summed E-state index contributed by atoms with van der Waals surface area (Å²) in [4.78, 5) is 0. The zero-order chi connectivity index (χ0) is 8.93. The lowest BCUT2D eigenvalue weighted by molar-refractivity contribution is 0.146. The standard InChI is InChI=1S/C12H14O/c1-2-5-11(6-3-1)8-9-12-7-4-10-13-12/h1-3,5-6,8-9,12H,4,7,10H2/b9-8+. The molecule has 13 heavy (non-hydrogen) atoms. The quantitative estimate of drug-likeness (QED) is 0.670. The zero-order valence-corrected chi connectivity index (χ0v) is 7.65. The van der Waals surface area contributed by atoms with Gasteiger partial charge in [-0.15, -0.1) is 0 Å². The largest absolute Gasteiger partial charge is 0.374 e. The Balaban J connectivity index is 1.97. The van der Waals surface area contributed by atoms with Crippen LogP contribution in [0.2, 0.25) is 0 Å². The van der Waals surface area contributed by atoms with Crippen molar-refractivity contribution in [3.63, 3.8) is 0 Å². The third-order valence-electron chi connectivity index (χ3n) is 2.27. The average molecular weight is 174 g/mol. The summed E-state index contributed by atoms with van der Waals surface area (Å²) in [5, 5.41) is 0. The minimum absolute atomic E-state index is 0.347. The van der Waals surface area contributed by atoms with Crippen LogP contribution in [0.5, 0.6) is 0 Å². The van der Waals surface area contributed by atoms with Crippen molar-refractivity contribution < 1.29 is 4.74 Å². The van der Waals surface area contributed by atoms with Gasteiger partial charge in [-0.1, -0.05) is 42.5 Å². The molecule has 0 saturated carbocycles. The molecule has 0 radical (unpaired) electrons. The summed E-state index contributed by atoms with van der Waals surface area (Å²) < 4.78 is 5.49. The van der Waals surface area contributed by atoms with Crippen LogP contribution in [0.3, 0.4) is 0 Å². The minimum atomic E-state index is 0.347. The molecule has 68 valence electrons. The number of benzene rings is 1. The third-order valence-corrected chi connectivity index (χ3v) is 2.27. The van der Waals surface area contributed by atoms with Crippen LogP contribution in [0.1, 0.15) is 18.4 Å². The Morgan fingerprint density at radius 1 is 1.23 bits per heavy atom. The second kappa shape index (κ2) is 4.24. The number of rotatable bonds is 2. The highest BCUT2D eigenvalue weighted by Crippen LogP contribution is 2.14. The summed E-state index contributed by atoms with van der Waals surface area (Å²) in [6.45, 7) is 0.920. The lowest BCUT2D eigenvalue weighted by Crippen LogP contribution is -1.98. The molecule has 1 nitrogen and oxygen atoms in total. The first kappa shape index (κ1) is 8.52. The molecule has 1 aliphatic heterocycles. The van der Waals surface area contributed by atoms with Gasteiger partial charge < -0.3 is 4.74 Å². The lowest BCUT2D eigenvalue weighted by atomic mass is 10.1. The smallest absolute Gasteiger partial charge is 0.0759 e. The van der Waals surface area contributed by atoms with E-state index in [9.17, 15) is 0 Å². The molecule has 1 aromatic rings. The van der Waals surface area contributed by atoms with Gasteiger partial charge in [-0.25, -0.2) is 0 Å². The van der Waals surface area contributed by atoms with Crippen molar-refractivity contribution in [2.24, 2.45) is 0 Å². The molecule has 1 atom stereocenters. The molecular weight excluding hydrogens is 160 g/mol. The summed E-state index contributed by atoms with van der Waals surface area (Å²) in [6, 6.07) is 10.3. The van der Waals surface area contributed by atoms with Crippen LogP contribution in [0, 0.1) is 0 Å². The van der Waals surface area contributed by atoms with Crippen LogP contribution in [-0.4, -0.2) is 12.7 Å². The molecule has 1 saturated heterocycles. The number of hydrogen-bond donors (Lipinski definition) is 0. The maximum Gasteiger partial charge on any atom is 0.0759 e. The molecule has 0 aromatic heterocycles. The highest BCUT2D eigenvalue weighted by atomic mass is 16.5. The Morgan fingerprint density at radius 2 is 2.08 bits per heavy atom. The first-order chi connectivity index (χ1) is 6.45. The molecule has 0 amide bonds. The first-order valence-electron chi connectivity index (χ1n) is 4.80. The minimum Gasteiger partial charge on any atom is -0.374 e. The molecule has 0 spiro atoms. The van der Waals surface area contributed by atoms with Gasteiger partial charge in [0.1, 0.15) is 0 Å². The zero-order valence-electron chi connectivity index (χ0n) is 7.65. The van der Waals surface area contributed by atoms with Crippen molar-refractivity contribution in [2.75, 3.05) is 6.61 Å². The Hall–Kier alpha value is -1.08. The van der Waals surface area contributed by atoms with Gasteiger partial charge in [-0.2, -0.15) is 0 Å². The molecular formula is C12H14O. The fourth-order valence-electron chi connectivity index (χ4n) is 1.54. The van der Waals surface area contributed by atoms with Crippen molar-refractivity contribution in [2.45, 2.75) is 18.9 Å².